The van der Waals surface area contributed by atoms with Crippen molar-refractivity contribution in [2.75, 3.05) is 25.2 Å². The zero-order valence-electron chi connectivity index (χ0n) is 11.5. The minimum atomic E-state index is 0.191. The Balaban J connectivity index is 2.09. The van der Waals surface area contributed by atoms with E-state index in [4.69, 9.17) is 21.1 Å². The molecule has 0 aromatic heterocycles. The van der Waals surface area contributed by atoms with Crippen molar-refractivity contribution in [3.8, 4) is 5.75 Å². The van der Waals surface area contributed by atoms with Crippen LogP contribution in [0.15, 0.2) is 12.1 Å². The van der Waals surface area contributed by atoms with E-state index in [2.05, 4.69) is 15.9 Å². The third-order valence-electron chi connectivity index (χ3n) is 3.78. The fraction of sp³-hybridized carbons (Fsp3) is 0.600. The van der Waals surface area contributed by atoms with Crippen molar-refractivity contribution >= 4 is 27.5 Å². The van der Waals surface area contributed by atoms with Crippen LogP contribution in [0.1, 0.15) is 24.0 Å². The Morgan fingerprint density at radius 2 is 1.84 bits per heavy atom. The van der Waals surface area contributed by atoms with Crippen molar-refractivity contribution in [3.63, 3.8) is 0 Å². The van der Waals surface area contributed by atoms with E-state index < -0.39 is 0 Å². The van der Waals surface area contributed by atoms with E-state index in [1.165, 1.54) is 0 Å². The molecule has 1 fully saturated rings. The molecule has 1 aromatic rings. The van der Waals surface area contributed by atoms with Crippen molar-refractivity contribution in [1.82, 2.24) is 0 Å². The summed E-state index contributed by atoms with van der Waals surface area (Å²) in [6.45, 7) is 6.46. The van der Waals surface area contributed by atoms with Gasteiger partial charge in [0, 0.05) is 29.0 Å². The average molecular weight is 348 g/mol. The summed E-state index contributed by atoms with van der Waals surface area (Å²) in [6, 6.07) is 3.91. The third-order valence-corrected chi connectivity index (χ3v) is 5.19. The molecule has 0 spiro atoms. The molecule has 106 valence electrons. The van der Waals surface area contributed by atoms with Gasteiger partial charge in [0.25, 0.3) is 0 Å². The molecule has 4 heteroatoms. The quantitative estimate of drug-likeness (QED) is 0.745. The maximum Gasteiger partial charge on any atom is 0.125 e. The largest absolute Gasteiger partial charge is 0.492 e. The van der Waals surface area contributed by atoms with E-state index in [1.807, 2.05) is 26.0 Å². The van der Waals surface area contributed by atoms with Crippen LogP contribution < -0.4 is 4.74 Å². The summed E-state index contributed by atoms with van der Waals surface area (Å²) in [5.41, 5.74) is 2.39. The van der Waals surface area contributed by atoms with Gasteiger partial charge in [-0.1, -0.05) is 27.5 Å². The van der Waals surface area contributed by atoms with Gasteiger partial charge in [-0.2, -0.15) is 0 Å². The van der Waals surface area contributed by atoms with E-state index in [9.17, 15) is 0 Å². The molecule has 2 rings (SSSR count). The molecule has 0 bridgehead atoms. The fourth-order valence-electron chi connectivity index (χ4n) is 2.47. The molecule has 0 radical (unpaired) electrons. The minimum absolute atomic E-state index is 0.191. The summed E-state index contributed by atoms with van der Waals surface area (Å²) in [6.07, 6.45) is 2.09. The first-order valence-electron chi connectivity index (χ1n) is 6.60. The van der Waals surface area contributed by atoms with Crippen molar-refractivity contribution in [1.29, 1.82) is 0 Å². The molecule has 1 aliphatic heterocycles. The highest BCUT2D eigenvalue weighted by molar-refractivity contribution is 9.09. The molecule has 0 amide bonds. The number of rotatable bonds is 4. The molecular formula is C15H20BrClO2. The summed E-state index contributed by atoms with van der Waals surface area (Å²) in [7, 11) is 0. The lowest BCUT2D eigenvalue weighted by molar-refractivity contribution is 0.00332. The van der Waals surface area contributed by atoms with Crippen molar-refractivity contribution < 1.29 is 9.47 Å². The molecular weight excluding hydrogens is 328 g/mol. The third kappa shape index (κ3) is 3.65. The normalized spacial score (nSPS) is 18.3. The first kappa shape index (κ1) is 15.1. The number of ether oxygens (including phenoxy) is 2. The van der Waals surface area contributed by atoms with Crippen LogP contribution in [0.25, 0.3) is 0 Å². The van der Waals surface area contributed by atoms with Gasteiger partial charge in [0.15, 0.2) is 0 Å². The van der Waals surface area contributed by atoms with Crippen LogP contribution in [-0.4, -0.2) is 25.2 Å². The van der Waals surface area contributed by atoms with Gasteiger partial charge in [-0.05, 0) is 49.9 Å². The molecule has 1 heterocycles. The lowest BCUT2D eigenvalue weighted by Gasteiger charge is -2.35. The average Bonchev–Trinajstić information content (AvgIpc) is 2.38. The summed E-state index contributed by atoms with van der Waals surface area (Å²) < 4.78 is 11.6. The van der Waals surface area contributed by atoms with Crippen LogP contribution in [0, 0.1) is 19.3 Å². The van der Waals surface area contributed by atoms with Crippen LogP contribution in [0.4, 0.5) is 0 Å². The van der Waals surface area contributed by atoms with Gasteiger partial charge in [0.2, 0.25) is 0 Å². The lowest BCUT2D eigenvalue weighted by atomic mass is 9.83. The molecule has 0 atom stereocenters. The highest BCUT2D eigenvalue weighted by Gasteiger charge is 2.32. The maximum atomic E-state index is 6.11. The van der Waals surface area contributed by atoms with E-state index >= 15 is 0 Å². The lowest BCUT2D eigenvalue weighted by Crippen LogP contribution is -2.36. The molecule has 2 nitrogen and oxygen atoms in total. The Morgan fingerprint density at radius 3 is 2.37 bits per heavy atom. The second-order valence-corrected chi connectivity index (χ2v) is 6.40. The highest BCUT2D eigenvalue weighted by atomic mass is 79.9. The van der Waals surface area contributed by atoms with Crippen molar-refractivity contribution in [3.05, 3.63) is 28.3 Å². The minimum Gasteiger partial charge on any atom is -0.492 e. The van der Waals surface area contributed by atoms with Crippen LogP contribution in [0.3, 0.4) is 0 Å². The Morgan fingerprint density at radius 1 is 1.26 bits per heavy atom. The van der Waals surface area contributed by atoms with Crippen LogP contribution in [-0.2, 0) is 4.74 Å². The summed E-state index contributed by atoms with van der Waals surface area (Å²) in [4.78, 5) is 0. The van der Waals surface area contributed by atoms with Crippen molar-refractivity contribution in [2.24, 2.45) is 5.41 Å². The second kappa shape index (κ2) is 6.47. The molecule has 1 saturated heterocycles. The number of halogens is 2. The second-order valence-electron chi connectivity index (χ2n) is 5.40. The number of benzene rings is 1. The fourth-order valence-corrected chi connectivity index (χ4v) is 3.52. The summed E-state index contributed by atoms with van der Waals surface area (Å²) in [5.74, 6) is 0.969. The molecule has 1 aliphatic rings. The van der Waals surface area contributed by atoms with Gasteiger partial charge in [0.05, 0.1) is 6.61 Å². The topological polar surface area (TPSA) is 18.5 Å². The summed E-state index contributed by atoms with van der Waals surface area (Å²) in [5, 5.41) is 1.72. The molecule has 0 saturated carbocycles. The van der Waals surface area contributed by atoms with Crippen LogP contribution >= 0.6 is 27.5 Å². The van der Waals surface area contributed by atoms with E-state index in [1.54, 1.807) is 0 Å². The van der Waals surface area contributed by atoms with Gasteiger partial charge < -0.3 is 9.47 Å². The Hall–Kier alpha value is -0.250. The van der Waals surface area contributed by atoms with Gasteiger partial charge in [0.1, 0.15) is 5.75 Å². The Bertz CT molecular complexity index is 419. The first-order valence-corrected chi connectivity index (χ1v) is 8.09. The van der Waals surface area contributed by atoms with E-state index in [0.717, 1.165) is 59.9 Å². The smallest absolute Gasteiger partial charge is 0.125 e. The maximum absolute atomic E-state index is 6.11. The molecule has 0 unspecified atom stereocenters. The standard InChI is InChI=1S/C15H20BrClO2/c1-11-7-13(17)8-12(2)14(11)19-10-15(9-16)3-5-18-6-4-15/h7-8H,3-6,9-10H2,1-2H3. The van der Waals surface area contributed by atoms with Gasteiger partial charge >= 0.3 is 0 Å². The molecule has 19 heavy (non-hydrogen) atoms. The summed E-state index contributed by atoms with van der Waals surface area (Å²) >= 11 is 9.68. The van der Waals surface area contributed by atoms with Crippen LogP contribution in [0.2, 0.25) is 5.02 Å². The zero-order chi connectivity index (χ0) is 13.9. The van der Waals surface area contributed by atoms with E-state index in [0.29, 0.717) is 0 Å². The molecule has 0 aliphatic carbocycles. The highest BCUT2D eigenvalue weighted by Crippen LogP contribution is 2.35. The zero-order valence-corrected chi connectivity index (χ0v) is 13.8. The SMILES string of the molecule is Cc1cc(Cl)cc(C)c1OCC1(CBr)CCOCC1. The first-order chi connectivity index (χ1) is 9.06. The number of hydrogen-bond acceptors (Lipinski definition) is 2. The van der Waals surface area contributed by atoms with Gasteiger partial charge in [-0.25, -0.2) is 0 Å². The predicted molar refractivity (Wildman–Crippen MR) is 82.7 cm³/mol. The predicted octanol–water partition coefficient (Wildman–Crippen LogP) is 4.53. The van der Waals surface area contributed by atoms with Gasteiger partial charge in [-0.3, -0.25) is 0 Å². The molecule has 1 aromatic carbocycles. The molecule has 0 N–H and O–H groups in total. The monoisotopic (exact) mass is 346 g/mol. The van der Waals surface area contributed by atoms with Gasteiger partial charge in [-0.15, -0.1) is 0 Å². The van der Waals surface area contributed by atoms with E-state index in [-0.39, 0.29) is 5.41 Å². The Kier molecular flexibility index (Phi) is 5.15. The number of aryl methyl sites for hydroxylation is 2. The Labute approximate surface area is 128 Å². The number of hydrogen-bond donors (Lipinski definition) is 0. The number of alkyl halides is 1. The van der Waals surface area contributed by atoms with Crippen LogP contribution in [0.5, 0.6) is 5.75 Å². The van der Waals surface area contributed by atoms with Crippen molar-refractivity contribution in [2.45, 2.75) is 26.7 Å².